The van der Waals surface area contributed by atoms with Gasteiger partial charge < -0.3 is 16.0 Å². The number of hydrogen-bond donors (Lipinski definition) is 2. The minimum atomic E-state index is -0.459. The monoisotopic (exact) mass is 239 g/mol. The Kier molecular flexibility index (Phi) is 5.15. The zero-order valence-electron chi connectivity index (χ0n) is 10.5. The normalized spacial score (nSPS) is 16.4. The maximum absolute atomic E-state index is 12.0. The van der Waals surface area contributed by atoms with E-state index in [4.69, 9.17) is 5.73 Å². The Bertz CT molecular complexity index is 316. The van der Waals surface area contributed by atoms with Crippen molar-refractivity contribution < 1.29 is 9.59 Å². The second-order valence-electron chi connectivity index (χ2n) is 4.64. The van der Waals surface area contributed by atoms with Crippen molar-refractivity contribution in [3.05, 3.63) is 11.6 Å². The number of rotatable bonds is 4. The zero-order valence-corrected chi connectivity index (χ0v) is 10.5. The summed E-state index contributed by atoms with van der Waals surface area (Å²) >= 11 is 0. The molecule has 0 unspecified atom stereocenters. The van der Waals surface area contributed by atoms with E-state index >= 15 is 0 Å². The lowest BCUT2D eigenvalue weighted by Crippen LogP contribution is -2.48. The highest BCUT2D eigenvalue weighted by atomic mass is 16.2. The van der Waals surface area contributed by atoms with E-state index in [-0.39, 0.29) is 18.5 Å². The van der Waals surface area contributed by atoms with Crippen LogP contribution < -0.4 is 11.1 Å². The first kappa shape index (κ1) is 13.7. The number of nitrogens with zero attached hydrogens (tertiary/aromatic N) is 1. The van der Waals surface area contributed by atoms with Gasteiger partial charge in [0.1, 0.15) is 0 Å². The summed E-state index contributed by atoms with van der Waals surface area (Å²) in [6.45, 7) is 5.49. The molecule has 1 heterocycles. The van der Waals surface area contributed by atoms with Gasteiger partial charge in [-0.15, -0.1) is 0 Å². The number of amides is 2. The predicted molar refractivity (Wildman–Crippen MR) is 66.2 cm³/mol. The third-order valence-corrected chi connectivity index (χ3v) is 2.77. The molecule has 1 rings (SSSR count). The van der Waals surface area contributed by atoms with E-state index in [1.165, 1.54) is 0 Å². The van der Waals surface area contributed by atoms with Crippen LogP contribution in [0.15, 0.2) is 11.6 Å². The lowest BCUT2D eigenvalue weighted by molar-refractivity contribution is -0.133. The minimum Gasteiger partial charge on any atom is -0.368 e. The summed E-state index contributed by atoms with van der Waals surface area (Å²) in [5.41, 5.74) is 6.13. The molecule has 0 aromatic carbocycles. The zero-order chi connectivity index (χ0) is 12.8. The van der Waals surface area contributed by atoms with Crippen molar-refractivity contribution in [2.45, 2.75) is 32.7 Å². The quantitative estimate of drug-likeness (QED) is 0.679. The molecule has 0 radical (unpaired) electrons. The van der Waals surface area contributed by atoms with Gasteiger partial charge in [-0.05, 0) is 39.8 Å². The average Bonchev–Trinajstić information content (AvgIpc) is 2.25. The number of primary amides is 1. The molecule has 0 aliphatic carbocycles. The predicted octanol–water partition coefficient (Wildman–Crippen LogP) is 0.0185. The van der Waals surface area contributed by atoms with E-state index in [1.807, 2.05) is 13.8 Å². The molecule has 0 bridgehead atoms. The number of nitrogens with two attached hydrogens (primary N) is 1. The van der Waals surface area contributed by atoms with Gasteiger partial charge in [0.25, 0.3) is 0 Å². The van der Waals surface area contributed by atoms with Gasteiger partial charge in [0.05, 0.1) is 6.54 Å². The summed E-state index contributed by atoms with van der Waals surface area (Å²) in [4.78, 5) is 24.6. The molecule has 0 spiro atoms. The van der Waals surface area contributed by atoms with Crippen LogP contribution in [0.25, 0.3) is 0 Å². The van der Waals surface area contributed by atoms with Crippen LogP contribution in [-0.4, -0.2) is 42.4 Å². The summed E-state index contributed by atoms with van der Waals surface area (Å²) in [7, 11) is 0. The standard InChI is InChI=1S/C12H21N3O2/c1-9(2)7-12(17)15(8-11(13)16)10-3-5-14-6-4-10/h7,10,14H,3-6,8H2,1-2H3,(H2,13,16). The number of piperidine rings is 1. The van der Waals surface area contributed by atoms with Crippen molar-refractivity contribution in [2.24, 2.45) is 5.73 Å². The topological polar surface area (TPSA) is 75.4 Å². The SMILES string of the molecule is CC(C)=CC(=O)N(CC(N)=O)C1CCNCC1. The Morgan fingerprint density at radius 1 is 1.35 bits per heavy atom. The van der Waals surface area contributed by atoms with Gasteiger partial charge in [-0.25, -0.2) is 0 Å². The van der Waals surface area contributed by atoms with Crippen molar-refractivity contribution >= 4 is 11.8 Å². The second kappa shape index (κ2) is 6.39. The first-order chi connectivity index (χ1) is 8.00. The summed E-state index contributed by atoms with van der Waals surface area (Å²) in [6.07, 6.45) is 3.30. The number of hydrogen-bond acceptors (Lipinski definition) is 3. The van der Waals surface area contributed by atoms with Crippen LogP contribution in [0.2, 0.25) is 0 Å². The average molecular weight is 239 g/mol. The third kappa shape index (κ3) is 4.56. The lowest BCUT2D eigenvalue weighted by Gasteiger charge is -2.33. The Morgan fingerprint density at radius 3 is 2.41 bits per heavy atom. The van der Waals surface area contributed by atoms with Crippen LogP contribution in [-0.2, 0) is 9.59 Å². The maximum Gasteiger partial charge on any atom is 0.247 e. The smallest absolute Gasteiger partial charge is 0.247 e. The summed E-state index contributed by atoms with van der Waals surface area (Å²) in [5.74, 6) is -0.574. The van der Waals surface area contributed by atoms with Crippen LogP contribution >= 0.6 is 0 Å². The number of carbonyl (C=O) groups excluding carboxylic acids is 2. The van der Waals surface area contributed by atoms with E-state index in [0.29, 0.717) is 0 Å². The molecule has 0 atom stereocenters. The van der Waals surface area contributed by atoms with Crippen molar-refractivity contribution in [1.29, 1.82) is 0 Å². The highest BCUT2D eigenvalue weighted by molar-refractivity contribution is 5.91. The maximum atomic E-state index is 12.0. The molecule has 3 N–H and O–H groups in total. The number of carbonyl (C=O) groups is 2. The van der Waals surface area contributed by atoms with Gasteiger partial charge in [0.2, 0.25) is 11.8 Å². The van der Waals surface area contributed by atoms with Gasteiger partial charge in [-0.2, -0.15) is 0 Å². The van der Waals surface area contributed by atoms with E-state index in [2.05, 4.69) is 5.32 Å². The van der Waals surface area contributed by atoms with Crippen LogP contribution in [0.5, 0.6) is 0 Å². The van der Waals surface area contributed by atoms with Gasteiger partial charge in [-0.3, -0.25) is 9.59 Å². The fourth-order valence-electron chi connectivity index (χ4n) is 2.00. The molecule has 0 saturated carbocycles. The highest BCUT2D eigenvalue weighted by Gasteiger charge is 2.25. The molecule has 1 aliphatic rings. The summed E-state index contributed by atoms with van der Waals surface area (Å²) in [6, 6.07) is 0.117. The lowest BCUT2D eigenvalue weighted by atomic mass is 10.0. The Morgan fingerprint density at radius 2 is 1.94 bits per heavy atom. The molecule has 5 nitrogen and oxygen atoms in total. The van der Waals surface area contributed by atoms with Gasteiger partial charge >= 0.3 is 0 Å². The van der Waals surface area contributed by atoms with Crippen LogP contribution in [0, 0.1) is 0 Å². The molecule has 96 valence electrons. The van der Waals surface area contributed by atoms with E-state index in [9.17, 15) is 9.59 Å². The summed E-state index contributed by atoms with van der Waals surface area (Å²) < 4.78 is 0. The molecular weight excluding hydrogens is 218 g/mol. The van der Waals surface area contributed by atoms with Gasteiger partial charge in [0, 0.05) is 12.1 Å². The Balaban J connectivity index is 2.74. The van der Waals surface area contributed by atoms with Crippen molar-refractivity contribution in [3.63, 3.8) is 0 Å². The van der Waals surface area contributed by atoms with Crippen LogP contribution in [0.1, 0.15) is 26.7 Å². The van der Waals surface area contributed by atoms with Gasteiger partial charge in [-0.1, -0.05) is 5.57 Å². The fraction of sp³-hybridized carbons (Fsp3) is 0.667. The first-order valence-corrected chi connectivity index (χ1v) is 5.95. The molecule has 1 saturated heterocycles. The molecule has 2 amide bonds. The Labute approximate surface area is 102 Å². The molecule has 0 aromatic heterocycles. The molecular formula is C12H21N3O2. The Hall–Kier alpha value is -1.36. The number of nitrogens with one attached hydrogen (secondary N) is 1. The second-order valence-corrected chi connectivity index (χ2v) is 4.64. The largest absolute Gasteiger partial charge is 0.368 e. The van der Waals surface area contributed by atoms with E-state index in [0.717, 1.165) is 31.5 Å². The van der Waals surface area contributed by atoms with Crippen molar-refractivity contribution in [2.75, 3.05) is 19.6 Å². The first-order valence-electron chi connectivity index (χ1n) is 5.95. The molecule has 17 heavy (non-hydrogen) atoms. The highest BCUT2D eigenvalue weighted by Crippen LogP contribution is 2.12. The molecule has 0 aromatic rings. The molecule has 1 aliphatic heterocycles. The number of allylic oxidation sites excluding steroid dienone is 1. The van der Waals surface area contributed by atoms with Crippen molar-refractivity contribution in [3.8, 4) is 0 Å². The fourth-order valence-corrected chi connectivity index (χ4v) is 2.00. The molecule has 5 heteroatoms. The van der Waals surface area contributed by atoms with Crippen LogP contribution in [0.4, 0.5) is 0 Å². The van der Waals surface area contributed by atoms with Gasteiger partial charge in [0.15, 0.2) is 0 Å². The summed E-state index contributed by atoms with van der Waals surface area (Å²) in [5, 5.41) is 3.23. The minimum absolute atomic E-state index is 0.00722. The van der Waals surface area contributed by atoms with Crippen molar-refractivity contribution in [1.82, 2.24) is 10.2 Å². The third-order valence-electron chi connectivity index (χ3n) is 2.77. The van der Waals surface area contributed by atoms with E-state index in [1.54, 1.807) is 11.0 Å². The molecule has 1 fully saturated rings. The van der Waals surface area contributed by atoms with Crippen LogP contribution in [0.3, 0.4) is 0 Å². The van der Waals surface area contributed by atoms with E-state index < -0.39 is 5.91 Å².